The maximum absolute atomic E-state index is 14.1. The molecular formula is C53H58N12O7. The fraction of sp³-hybridized carbons (Fsp3) is 0.434. The van der Waals surface area contributed by atoms with Gasteiger partial charge in [0.2, 0.25) is 11.8 Å². The lowest BCUT2D eigenvalue weighted by Gasteiger charge is -2.46. The van der Waals surface area contributed by atoms with E-state index in [0.29, 0.717) is 77.5 Å². The Morgan fingerprint density at radius 3 is 2.39 bits per heavy atom. The number of imide groups is 2. The van der Waals surface area contributed by atoms with Gasteiger partial charge in [0.05, 0.1) is 46.6 Å². The van der Waals surface area contributed by atoms with Crippen molar-refractivity contribution in [2.45, 2.75) is 97.0 Å². The van der Waals surface area contributed by atoms with Crippen molar-refractivity contribution in [3.05, 3.63) is 106 Å². The molecule has 0 radical (unpaired) electrons. The van der Waals surface area contributed by atoms with Gasteiger partial charge in [-0.15, -0.1) is 0 Å². The van der Waals surface area contributed by atoms with E-state index >= 15 is 0 Å². The molecule has 6 aliphatic heterocycles. The minimum Gasteiger partial charge on any atom is -0.391 e. The van der Waals surface area contributed by atoms with Crippen molar-refractivity contribution in [1.29, 1.82) is 0 Å². The zero-order chi connectivity index (χ0) is 49.7. The van der Waals surface area contributed by atoms with Crippen LogP contribution in [0.4, 0.5) is 28.7 Å². The molecule has 1 unspecified atom stereocenters. The number of aliphatic hydroxyl groups excluding tert-OH is 1. The number of aliphatic hydroxyl groups is 1. The van der Waals surface area contributed by atoms with Crippen LogP contribution in [0.2, 0.25) is 0 Å². The van der Waals surface area contributed by atoms with Crippen LogP contribution in [0, 0.1) is 5.41 Å². The number of piperazine rings is 1. The standard InChI is InChI=1S/C53H58N12O7/c1-30-27-60(32-12-16-59(17-13-32)33-4-6-35-36(23-33)51(71)65(50(35)70)41-7-9-45(67)58-48(41)68)18-19-61(30)34-5-8-44(56-26-34)57-38-28-64(40-11-15-55-49(69)46(38)40)39-10-14-54-47(37(39)29-66)63-21-20-62-42(52(63)72)22-31-24-53(2,3)25-43(31)62/h4-6,8,10,14,22-23,26,28,30,32,41,66H,7,9,11-13,15-21,24-25,27,29H2,1-3H3,(H,55,69)(H,56,57)(H,58,67,68)/t30-,41?/m0/s1. The van der Waals surface area contributed by atoms with E-state index in [0.717, 1.165) is 80.4 Å². The predicted molar refractivity (Wildman–Crippen MR) is 267 cm³/mol. The lowest BCUT2D eigenvalue weighted by Crippen LogP contribution is -2.57. The third kappa shape index (κ3) is 7.62. The number of rotatable bonds is 9. The van der Waals surface area contributed by atoms with Gasteiger partial charge in [-0.25, -0.2) is 9.97 Å². The van der Waals surface area contributed by atoms with Crippen molar-refractivity contribution in [3.63, 3.8) is 0 Å². The Bertz CT molecular complexity index is 3110. The molecular weight excluding hydrogens is 917 g/mol. The summed E-state index contributed by atoms with van der Waals surface area (Å²) < 4.78 is 4.11. The first-order valence-corrected chi connectivity index (χ1v) is 25.2. The number of carbonyl (C=O) groups is 6. The number of carbonyl (C=O) groups excluding carboxylic acids is 6. The van der Waals surface area contributed by atoms with E-state index in [1.165, 1.54) is 11.3 Å². The molecule has 12 rings (SSSR count). The van der Waals surface area contributed by atoms with Crippen molar-refractivity contribution in [3.8, 4) is 5.69 Å². The summed E-state index contributed by atoms with van der Waals surface area (Å²) >= 11 is 0. The van der Waals surface area contributed by atoms with Crippen LogP contribution in [0.25, 0.3) is 5.69 Å². The predicted octanol–water partition coefficient (Wildman–Crippen LogP) is 3.96. The van der Waals surface area contributed by atoms with Crippen molar-refractivity contribution >= 4 is 64.1 Å². The van der Waals surface area contributed by atoms with E-state index in [-0.39, 0.29) is 48.3 Å². The van der Waals surface area contributed by atoms with Crippen LogP contribution in [0.3, 0.4) is 0 Å². The van der Waals surface area contributed by atoms with E-state index < -0.39 is 29.7 Å². The second-order valence-corrected chi connectivity index (χ2v) is 21.1. The molecule has 5 aromatic rings. The molecule has 6 amide bonds. The molecule has 3 fully saturated rings. The largest absolute Gasteiger partial charge is 0.391 e. The minimum atomic E-state index is -0.993. The third-order valence-electron chi connectivity index (χ3n) is 16.1. The fourth-order valence-corrected chi connectivity index (χ4v) is 12.5. The van der Waals surface area contributed by atoms with Gasteiger partial charge >= 0.3 is 0 Å². The summed E-state index contributed by atoms with van der Waals surface area (Å²) in [4.78, 5) is 98.1. The summed E-state index contributed by atoms with van der Waals surface area (Å²) in [6, 6.07) is 12.8. The highest BCUT2D eigenvalue weighted by atomic mass is 16.3. The number of aromatic nitrogens is 4. The molecule has 72 heavy (non-hydrogen) atoms. The van der Waals surface area contributed by atoms with E-state index in [1.54, 1.807) is 23.2 Å². The molecule has 1 aliphatic carbocycles. The SMILES string of the molecule is C[C@H]1CN(C2CCN(c3ccc4c(c3)C(=O)N(C3CCC(=O)NC3=O)C4=O)CC2)CCN1c1ccc(Nc2cn(-c3ccnc(N4CCn5c(cc6c5CC(C)(C)C6)C4=O)c3CO)c3c2C(=O)NCC3)nc1. The van der Waals surface area contributed by atoms with E-state index in [2.05, 4.69) is 67.0 Å². The molecule has 0 bridgehead atoms. The average Bonchev–Trinajstić information content (AvgIpc) is 4.08. The minimum absolute atomic E-state index is 0.0786. The lowest BCUT2D eigenvalue weighted by atomic mass is 9.90. The molecule has 1 aromatic carbocycles. The van der Waals surface area contributed by atoms with Gasteiger partial charge in [0.15, 0.2) is 0 Å². The van der Waals surface area contributed by atoms with Crippen molar-refractivity contribution in [2.24, 2.45) is 5.41 Å². The summed E-state index contributed by atoms with van der Waals surface area (Å²) in [5, 5.41) is 19.6. The molecule has 2 atom stereocenters. The van der Waals surface area contributed by atoms with E-state index in [1.807, 2.05) is 41.2 Å². The second kappa shape index (κ2) is 17.4. The summed E-state index contributed by atoms with van der Waals surface area (Å²) in [6.07, 6.45) is 9.93. The number of nitrogens with zero attached hydrogens (tertiary/aromatic N) is 9. The van der Waals surface area contributed by atoms with Gasteiger partial charge in [-0.1, -0.05) is 13.8 Å². The maximum Gasteiger partial charge on any atom is 0.276 e. The molecule has 19 heteroatoms. The number of hydrogen-bond acceptors (Lipinski definition) is 13. The summed E-state index contributed by atoms with van der Waals surface area (Å²) in [5.74, 6) is -1.36. The number of hydrogen-bond donors (Lipinski definition) is 4. The molecule has 372 valence electrons. The number of amides is 6. The molecule has 4 N–H and O–H groups in total. The second-order valence-electron chi connectivity index (χ2n) is 21.1. The first-order valence-electron chi connectivity index (χ1n) is 25.2. The Labute approximate surface area is 416 Å². The van der Waals surface area contributed by atoms with Gasteiger partial charge in [-0.2, -0.15) is 0 Å². The third-order valence-corrected chi connectivity index (χ3v) is 16.1. The van der Waals surface area contributed by atoms with Gasteiger partial charge in [0, 0.05) is 112 Å². The highest BCUT2D eigenvalue weighted by Crippen LogP contribution is 2.41. The topological polar surface area (TPSA) is 211 Å². The van der Waals surface area contributed by atoms with Crippen LogP contribution < -0.4 is 30.7 Å². The van der Waals surface area contributed by atoms with Gasteiger partial charge in [0.1, 0.15) is 23.4 Å². The van der Waals surface area contributed by atoms with Crippen LogP contribution >= 0.6 is 0 Å². The molecule has 3 saturated heterocycles. The quantitative estimate of drug-likeness (QED) is 0.155. The highest BCUT2D eigenvalue weighted by Gasteiger charge is 2.45. The number of fused-ring (bicyclic) bond motifs is 5. The van der Waals surface area contributed by atoms with E-state index in [9.17, 15) is 33.9 Å². The fourth-order valence-electron chi connectivity index (χ4n) is 12.5. The molecule has 0 spiro atoms. The molecule has 10 heterocycles. The Morgan fingerprint density at radius 1 is 0.819 bits per heavy atom. The number of anilines is 5. The normalized spacial score (nSPS) is 22.2. The summed E-state index contributed by atoms with van der Waals surface area (Å²) in [6.45, 7) is 12.1. The number of benzene rings is 1. The monoisotopic (exact) mass is 974 g/mol. The van der Waals surface area contributed by atoms with E-state index in [4.69, 9.17) is 4.98 Å². The Kier molecular flexibility index (Phi) is 11.1. The van der Waals surface area contributed by atoms with Gasteiger partial charge in [-0.3, -0.25) is 48.8 Å². The van der Waals surface area contributed by atoms with Crippen LogP contribution in [0.1, 0.15) is 111 Å². The van der Waals surface area contributed by atoms with Crippen molar-refractivity contribution in [1.82, 2.24) is 39.5 Å². The highest BCUT2D eigenvalue weighted by molar-refractivity contribution is 6.23. The maximum atomic E-state index is 14.1. The van der Waals surface area contributed by atoms with Crippen molar-refractivity contribution < 1.29 is 33.9 Å². The molecule has 19 nitrogen and oxygen atoms in total. The molecule has 0 saturated carbocycles. The zero-order valence-corrected chi connectivity index (χ0v) is 40.7. The van der Waals surface area contributed by atoms with Crippen LogP contribution in [0.5, 0.6) is 0 Å². The summed E-state index contributed by atoms with van der Waals surface area (Å²) in [5.41, 5.74) is 8.79. The van der Waals surface area contributed by atoms with Gasteiger partial charge < -0.3 is 34.7 Å². The Morgan fingerprint density at radius 2 is 1.62 bits per heavy atom. The number of nitrogens with one attached hydrogen (secondary N) is 3. The van der Waals surface area contributed by atoms with Crippen LogP contribution in [-0.4, -0.2) is 133 Å². The van der Waals surface area contributed by atoms with Gasteiger partial charge in [-0.05, 0) is 92.5 Å². The van der Waals surface area contributed by atoms with Crippen molar-refractivity contribution in [2.75, 3.05) is 65.8 Å². The van der Waals surface area contributed by atoms with Crippen LogP contribution in [-0.2, 0) is 42.0 Å². The zero-order valence-electron chi connectivity index (χ0n) is 40.7. The first-order chi connectivity index (χ1) is 34.7. The first kappa shape index (κ1) is 45.7. The summed E-state index contributed by atoms with van der Waals surface area (Å²) in [7, 11) is 0. The average molecular weight is 975 g/mol. The Hall–Kier alpha value is -7.38. The van der Waals surface area contributed by atoms with Crippen LogP contribution in [0.15, 0.2) is 61.1 Å². The Balaban J connectivity index is 0.696. The number of pyridine rings is 2. The van der Waals surface area contributed by atoms with Gasteiger partial charge in [0.25, 0.3) is 23.6 Å². The lowest BCUT2D eigenvalue weighted by molar-refractivity contribution is -0.136. The number of piperidine rings is 2. The molecule has 4 aromatic heterocycles. The smallest absolute Gasteiger partial charge is 0.276 e. The molecule has 7 aliphatic rings.